The molecule has 1 aromatic heterocycles. The predicted molar refractivity (Wildman–Crippen MR) is 137 cm³/mol. The normalized spacial score (nSPS) is 14.5. The van der Waals surface area contributed by atoms with Crippen LogP contribution in [0, 0.1) is 18.3 Å². The van der Waals surface area contributed by atoms with Crippen LogP contribution in [0.25, 0.3) is 17.0 Å². The molecule has 0 aliphatic heterocycles. The Morgan fingerprint density at radius 3 is 2.74 bits per heavy atom. The minimum Gasteiger partial charge on any atom is -0.491 e. The molecular formula is C29H33N3O2. The summed E-state index contributed by atoms with van der Waals surface area (Å²) >= 11 is 0. The number of aryl methyl sites for hydroxylation is 1. The minimum absolute atomic E-state index is 0.146. The lowest BCUT2D eigenvalue weighted by molar-refractivity contribution is -0.117. The first-order valence-corrected chi connectivity index (χ1v) is 12.2. The standard InChI is InChI=1S/C29H33N3O2/c1-20(2)25-13-12-21(3)16-28(25)34-15-14-32-19-23(26-10-6-7-11-27(26)32)17-22(18-30)29(33)31-24-8-4-5-9-24/h6-7,10-13,16-17,19-20,24H,4-5,8-9,14-15H2,1-3H3,(H,31,33)/b22-17+. The van der Waals surface area contributed by atoms with E-state index in [2.05, 4.69) is 61.0 Å². The van der Waals surface area contributed by atoms with Crippen LogP contribution in [0.5, 0.6) is 5.75 Å². The molecule has 0 bridgehead atoms. The number of benzene rings is 2. The van der Waals surface area contributed by atoms with Gasteiger partial charge in [-0.2, -0.15) is 5.26 Å². The van der Waals surface area contributed by atoms with E-state index < -0.39 is 0 Å². The van der Waals surface area contributed by atoms with E-state index in [9.17, 15) is 10.1 Å². The van der Waals surface area contributed by atoms with Gasteiger partial charge in [-0.3, -0.25) is 4.79 Å². The third kappa shape index (κ3) is 5.34. The van der Waals surface area contributed by atoms with Crippen LogP contribution < -0.4 is 10.1 Å². The number of ether oxygens (including phenoxy) is 1. The first kappa shape index (κ1) is 23.6. The van der Waals surface area contributed by atoms with Crippen molar-refractivity contribution in [2.75, 3.05) is 6.61 Å². The molecule has 5 heteroatoms. The Morgan fingerprint density at radius 1 is 1.24 bits per heavy atom. The maximum absolute atomic E-state index is 12.7. The van der Waals surface area contributed by atoms with Crippen LogP contribution in [0.2, 0.25) is 0 Å². The molecule has 0 spiro atoms. The van der Waals surface area contributed by atoms with Crippen LogP contribution >= 0.6 is 0 Å². The number of hydrogen-bond acceptors (Lipinski definition) is 3. The number of carbonyl (C=O) groups is 1. The van der Waals surface area contributed by atoms with Crippen LogP contribution in [0.3, 0.4) is 0 Å². The smallest absolute Gasteiger partial charge is 0.262 e. The number of carbonyl (C=O) groups excluding carboxylic acids is 1. The summed E-state index contributed by atoms with van der Waals surface area (Å²) < 4.78 is 8.34. The van der Waals surface area contributed by atoms with Crippen molar-refractivity contribution >= 4 is 22.9 Å². The average Bonchev–Trinajstić information content (AvgIpc) is 3.45. The minimum atomic E-state index is -0.282. The Bertz CT molecular complexity index is 1240. The molecule has 0 unspecified atom stereocenters. The Balaban J connectivity index is 1.54. The number of amides is 1. The maximum atomic E-state index is 12.7. The lowest BCUT2D eigenvalue weighted by atomic mass is 10.0. The highest BCUT2D eigenvalue weighted by atomic mass is 16.5. The molecule has 0 atom stereocenters. The van der Waals surface area contributed by atoms with E-state index in [1.165, 1.54) is 11.1 Å². The molecule has 34 heavy (non-hydrogen) atoms. The topological polar surface area (TPSA) is 67.0 Å². The molecule has 1 aliphatic carbocycles. The van der Waals surface area contributed by atoms with E-state index in [0.717, 1.165) is 47.9 Å². The third-order valence-corrected chi connectivity index (χ3v) is 6.56. The van der Waals surface area contributed by atoms with Crippen molar-refractivity contribution in [2.24, 2.45) is 0 Å². The summed E-state index contributed by atoms with van der Waals surface area (Å²) in [7, 11) is 0. The van der Waals surface area contributed by atoms with Crippen molar-refractivity contribution in [1.29, 1.82) is 5.26 Å². The molecule has 1 aliphatic rings. The maximum Gasteiger partial charge on any atom is 0.262 e. The van der Waals surface area contributed by atoms with Crippen LogP contribution in [-0.4, -0.2) is 23.1 Å². The molecule has 0 saturated heterocycles. The van der Waals surface area contributed by atoms with Gasteiger partial charge in [0.2, 0.25) is 0 Å². The number of para-hydroxylation sites is 1. The van der Waals surface area contributed by atoms with E-state index in [4.69, 9.17) is 4.74 Å². The highest BCUT2D eigenvalue weighted by molar-refractivity contribution is 6.04. The van der Waals surface area contributed by atoms with E-state index in [1.807, 2.05) is 24.4 Å². The van der Waals surface area contributed by atoms with Crippen LogP contribution in [0.4, 0.5) is 0 Å². The lowest BCUT2D eigenvalue weighted by Crippen LogP contribution is -2.33. The number of nitriles is 1. The Morgan fingerprint density at radius 2 is 2.00 bits per heavy atom. The molecule has 1 fully saturated rings. The molecule has 1 heterocycles. The molecule has 1 N–H and O–H groups in total. The lowest BCUT2D eigenvalue weighted by Gasteiger charge is -2.15. The highest BCUT2D eigenvalue weighted by Crippen LogP contribution is 2.28. The van der Waals surface area contributed by atoms with Gasteiger partial charge < -0.3 is 14.6 Å². The summed E-state index contributed by atoms with van der Waals surface area (Å²) in [6.07, 6.45) is 7.96. The third-order valence-electron chi connectivity index (χ3n) is 6.56. The van der Waals surface area contributed by atoms with Gasteiger partial charge in [0.25, 0.3) is 5.91 Å². The second-order valence-electron chi connectivity index (χ2n) is 9.46. The molecule has 3 aromatic rings. The number of fused-ring (bicyclic) bond motifs is 1. The summed E-state index contributed by atoms with van der Waals surface area (Å²) in [6, 6.07) is 16.7. The van der Waals surface area contributed by atoms with Gasteiger partial charge in [0.05, 0.1) is 6.54 Å². The number of nitrogens with one attached hydrogen (secondary N) is 1. The molecule has 2 aromatic carbocycles. The molecule has 5 nitrogen and oxygen atoms in total. The average molecular weight is 456 g/mol. The van der Waals surface area contributed by atoms with E-state index in [-0.39, 0.29) is 17.5 Å². The second kappa shape index (κ2) is 10.6. The Hall–Kier alpha value is -3.52. The van der Waals surface area contributed by atoms with Crippen molar-refractivity contribution < 1.29 is 9.53 Å². The van der Waals surface area contributed by atoms with Crippen molar-refractivity contribution in [3.05, 3.63) is 70.9 Å². The van der Waals surface area contributed by atoms with Gasteiger partial charge in [-0.25, -0.2) is 0 Å². The number of aromatic nitrogens is 1. The van der Waals surface area contributed by atoms with E-state index in [0.29, 0.717) is 19.1 Å². The molecular weight excluding hydrogens is 422 g/mol. The van der Waals surface area contributed by atoms with Gasteiger partial charge in [-0.15, -0.1) is 0 Å². The fourth-order valence-corrected chi connectivity index (χ4v) is 4.71. The first-order valence-electron chi connectivity index (χ1n) is 12.2. The summed E-state index contributed by atoms with van der Waals surface area (Å²) in [5.74, 6) is 1.04. The van der Waals surface area contributed by atoms with Crippen molar-refractivity contribution in [1.82, 2.24) is 9.88 Å². The van der Waals surface area contributed by atoms with Gasteiger partial charge in [-0.05, 0) is 55.0 Å². The summed E-state index contributed by atoms with van der Waals surface area (Å²) in [5, 5.41) is 13.7. The first-order chi connectivity index (χ1) is 16.5. The highest BCUT2D eigenvalue weighted by Gasteiger charge is 2.20. The fraction of sp³-hybridized carbons (Fsp3) is 0.379. The van der Waals surface area contributed by atoms with E-state index in [1.54, 1.807) is 6.08 Å². The van der Waals surface area contributed by atoms with Crippen LogP contribution in [0.1, 0.15) is 62.1 Å². The molecule has 4 rings (SSSR count). The molecule has 1 saturated carbocycles. The monoisotopic (exact) mass is 455 g/mol. The van der Waals surface area contributed by atoms with Crippen molar-refractivity contribution in [3.8, 4) is 11.8 Å². The van der Waals surface area contributed by atoms with Crippen LogP contribution in [0.15, 0.2) is 54.2 Å². The van der Waals surface area contributed by atoms with Crippen LogP contribution in [-0.2, 0) is 11.3 Å². The zero-order valence-electron chi connectivity index (χ0n) is 20.3. The van der Waals surface area contributed by atoms with Gasteiger partial charge in [0.1, 0.15) is 24.0 Å². The Labute approximate surface area is 202 Å². The largest absolute Gasteiger partial charge is 0.491 e. The summed E-state index contributed by atoms with van der Waals surface area (Å²) in [6.45, 7) is 7.61. The summed E-state index contributed by atoms with van der Waals surface area (Å²) in [4.78, 5) is 12.7. The zero-order valence-corrected chi connectivity index (χ0v) is 20.3. The SMILES string of the molecule is Cc1ccc(C(C)C)c(OCCn2cc(/C=C(\C#N)C(=O)NC3CCCC3)c3ccccc32)c1. The molecule has 176 valence electrons. The Kier molecular flexibility index (Phi) is 7.37. The zero-order chi connectivity index (χ0) is 24.1. The van der Waals surface area contributed by atoms with Gasteiger partial charge >= 0.3 is 0 Å². The molecule has 1 amide bonds. The quantitative estimate of drug-likeness (QED) is 0.329. The molecule has 0 radical (unpaired) electrons. The van der Waals surface area contributed by atoms with Gasteiger partial charge in [0, 0.05) is 28.7 Å². The summed E-state index contributed by atoms with van der Waals surface area (Å²) in [5.41, 5.74) is 4.45. The number of rotatable bonds is 8. The number of hydrogen-bond donors (Lipinski definition) is 1. The van der Waals surface area contributed by atoms with Gasteiger partial charge in [0.15, 0.2) is 0 Å². The fourth-order valence-electron chi connectivity index (χ4n) is 4.71. The van der Waals surface area contributed by atoms with Crippen molar-refractivity contribution in [2.45, 2.75) is 65.0 Å². The second-order valence-corrected chi connectivity index (χ2v) is 9.46. The number of nitrogens with zero attached hydrogens (tertiary/aromatic N) is 2. The predicted octanol–water partition coefficient (Wildman–Crippen LogP) is 6.12. The van der Waals surface area contributed by atoms with E-state index >= 15 is 0 Å². The van der Waals surface area contributed by atoms with Crippen molar-refractivity contribution in [3.63, 3.8) is 0 Å². The van der Waals surface area contributed by atoms with Gasteiger partial charge in [-0.1, -0.05) is 57.0 Å².